The van der Waals surface area contributed by atoms with Crippen molar-refractivity contribution in [3.8, 4) is 11.1 Å². The number of hydrogen-bond donors (Lipinski definition) is 5. The molecule has 38 heavy (non-hydrogen) atoms. The Labute approximate surface area is 228 Å². The standard InChI is InChI=1S/C29H30BrF2N3O3/c1-16-6-4-7-17(2)25(16)19-12-20(14-23(30)13-19)27(36)33-18(3)26(35-38)28(37)34-24-9-5-8-22(15-24)29(31,32)21-10-11-21/h4-9,12-15,21,28,34-35,37-38H,10-11H2,1-3H3,(H,33,36)/b26-18-. The number of alkyl halides is 2. The van der Waals surface area contributed by atoms with Gasteiger partial charge in [0.1, 0.15) is 5.70 Å². The van der Waals surface area contributed by atoms with E-state index in [1.165, 1.54) is 31.2 Å². The Morgan fingerprint density at radius 3 is 2.34 bits per heavy atom. The molecule has 6 nitrogen and oxygen atoms in total. The highest BCUT2D eigenvalue weighted by Gasteiger charge is 2.47. The number of benzene rings is 3. The highest BCUT2D eigenvalue weighted by molar-refractivity contribution is 9.10. The molecule has 0 spiro atoms. The number of hydroxylamine groups is 1. The van der Waals surface area contributed by atoms with Gasteiger partial charge in [-0.3, -0.25) is 15.5 Å². The van der Waals surface area contributed by atoms with E-state index >= 15 is 0 Å². The summed E-state index contributed by atoms with van der Waals surface area (Å²) in [6.45, 7) is 5.52. The highest BCUT2D eigenvalue weighted by Crippen LogP contribution is 2.49. The minimum absolute atomic E-state index is 0.136. The average Bonchev–Trinajstić information content (AvgIpc) is 3.70. The van der Waals surface area contributed by atoms with Crippen LogP contribution in [0.2, 0.25) is 0 Å². The summed E-state index contributed by atoms with van der Waals surface area (Å²) in [6.07, 6.45) is -0.549. The number of amides is 1. The lowest BCUT2D eigenvalue weighted by Crippen LogP contribution is -2.34. The number of anilines is 1. The van der Waals surface area contributed by atoms with Crippen LogP contribution in [0.5, 0.6) is 0 Å². The van der Waals surface area contributed by atoms with Gasteiger partial charge in [0.2, 0.25) is 0 Å². The number of aryl methyl sites for hydroxylation is 2. The molecule has 1 amide bonds. The fraction of sp³-hybridized carbons (Fsp3) is 0.276. The summed E-state index contributed by atoms with van der Waals surface area (Å²) in [7, 11) is 0. The first-order valence-electron chi connectivity index (χ1n) is 12.2. The maximum absolute atomic E-state index is 14.5. The molecule has 1 atom stereocenters. The lowest BCUT2D eigenvalue weighted by atomic mass is 9.94. The van der Waals surface area contributed by atoms with E-state index in [1.54, 1.807) is 12.1 Å². The first-order valence-corrected chi connectivity index (χ1v) is 13.0. The number of aliphatic hydroxyl groups is 1. The summed E-state index contributed by atoms with van der Waals surface area (Å²) in [6, 6.07) is 17.0. The third-order valence-corrected chi connectivity index (χ3v) is 7.13. The average molecular weight is 586 g/mol. The Bertz CT molecular complexity index is 1370. The van der Waals surface area contributed by atoms with Gasteiger partial charge >= 0.3 is 0 Å². The fourth-order valence-corrected chi connectivity index (χ4v) is 5.02. The molecule has 0 bridgehead atoms. The smallest absolute Gasteiger partial charge is 0.276 e. The zero-order chi connectivity index (χ0) is 27.6. The maximum atomic E-state index is 14.5. The molecule has 0 radical (unpaired) electrons. The fourth-order valence-electron chi connectivity index (χ4n) is 4.52. The zero-order valence-electron chi connectivity index (χ0n) is 21.3. The third kappa shape index (κ3) is 6.06. The summed E-state index contributed by atoms with van der Waals surface area (Å²) in [4.78, 5) is 13.1. The Kier molecular flexibility index (Phi) is 8.20. The minimum Gasteiger partial charge on any atom is -0.368 e. The molecule has 5 N–H and O–H groups in total. The number of nitrogens with one attached hydrogen (secondary N) is 3. The molecular weight excluding hydrogens is 556 g/mol. The van der Waals surface area contributed by atoms with Crippen LogP contribution < -0.4 is 16.1 Å². The van der Waals surface area contributed by atoms with Crippen molar-refractivity contribution in [2.75, 3.05) is 5.32 Å². The molecule has 200 valence electrons. The Morgan fingerprint density at radius 2 is 1.71 bits per heavy atom. The quantitative estimate of drug-likeness (QED) is 0.144. The van der Waals surface area contributed by atoms with Crippen molar-refractivity contribution >= 4 is 27.5 Å². The first kappa shape index (κ1) is 27.8. The van der Waals surface area contributed by atoms with Gasteiger partial charge in [0.25, 0.3) is 11.8 Å². The number of carbonyl (C=O) groups is 1. The number of hydrogen-bond acceptors (Lipinski definition) is 5. The van der Waals surface area contributed by atoms with E-state index in [4.69, 9.17) is 0 Å². The van der Waals surface area contributed by atoms with Crippen LogP contribution >= 0.6 is 15.9 Å². The maximum Gasteiger partial charge on any atom is 0.276 e. The molecule has 0 aromatic heterocycles. The molecule has 3 aromatic rings. The molecule has 1 saturated carbocycles. The second kappa shape index (κ2) is 11.2. The van der Waals surface area contributed by atoms with Gasteiger partial charge in [-0.1, -0.05) is 46.3 Å². The van der Waals surface area contributed by atoms with Gasteiger partial charge in [-0.25, -0.2) is 8.78 Å². The van der Waals surface area contributed by atoms with Gasteiger partial charge < -0.3 is 15.7 Å². The zero-order valence-corrected chi connectivity index (χ0v) is 22.9. The van der Waals surface area contributed by atoms with Crippen molar-refractivity contribution in [3.63, 3.8) is 0 Å². The van der Waals surface area contributed by atoms with E-state index in [1.807, 2.05) is 43.6 Å². The van der Waals surface area contributed by atoms with Crippen LogP contribution in [0.15, 0.2) is 76.5 Å². The topological polar surface area (TPSA) is 93.6 Å². The molecule has 9 heteroatoms. The normalized spacial score (nSPS) is 14.9. The van der Waals surface area contributed by atoms with Crippen LogP contribution in [0, 0.1) is 19.8 Å². The summed E-state index contributed by atoms with van der Waals surface area (Å²) in [5.74, 6) is -4.06. The predicted octanol–water partition coefficient (Wildman–Crippen LogP) is 6.61. The number of carbonyl (C=O) groups excluding carboxylic acids is 1. The Hall–Kier alpha value is -3.27. The number of aliphatic hydroxyl groups excluding tert-OH is 1. The van der Waals surface area contributed by atoms with Gasteiger partial charge in [-0.15, -0.1) is 0 Å². The van der Waals surface area contributed by atoms with Crippen LogP contribution in [0.4, 0.5) is 14.5 Å². The summed E-state index contributed by atoms with van der Waals surface area (Å²) >= 11 is 3.48. The van der Waals surface area contributed by atoms with Crippen LogP contribution in [0.3, 0.4) is 0 Å². The second-order valence-electron chi connectivity index (χ2n) is 9.62. The molecule has 4 rings (SSSR count). The van der Waals surface area contributed by atoms with Crippen molar-refractivity contribution in [1.29, 1.82) is 0 Å². The van der Waals surface area contributed by atoms with Crippen molar-refractivity contribution < 1.29 is 23.9 Å². The van der Waals surface area contributed by atoms with E-state index in [0.717, 1.165) is 26.7 Å². The molecule has 0 saturated heterocycles. The Morgan fingerprint density at radius 1 is 1.05 bits per heavy atom. The number of halogens is 3. The lowest BCUT2D eigenvalue weighted by Gasteiger charge is -2.21. The summed E-state index contributed by atoms with van der Waals surface area (Å²) in [5.41, 5.74) is 6.43. The van der Waals surface area contributed by atoms with E-state index in [2.05, 4.69) is 26.6 Å². The van der Waals surface area contributed by atoms with E-state index in [-0.39, 0.29) is 22.6 Å². The van der Waals surface area contributed by atoms with Crippen LogP contribution in [0.25, 0.3) is 11.1 Å². The largest absolute Gasteiger partial charge is 0.368 e. The molecule has 0 aliphatic heterocycles. The first-order chi connectivity index (χ1) is 18.0. The van der Waals surface area contributed by atoms with Crippen LogP contribution in [-0.4, -0.2) is 22.4 Å². The predicted molar refractivity (Wildman–Crippen MR) is 147 cm³/mol. The Balaban J connectivity index is 1.54. The molecule has 1 aliphatic carbocycles. The SMILES string of the molecule is C/C(NC(=O)c1cc(Br)cc(-c2c(C)cccc2C)c1)=C(/NO)C(O)Nc1cccc(C(F)(F)C2CC2)c1. The summed E-state index contributed by atoms with van der Waals surface area (Å²) < 4.78 is 29.8. The van der Waals surface area contributed by atoms with Crippen LogP contribution in [-0.2, 0) is 5.92 Å². The minimum atomic E-state index is -2.94. The van der Waals surface area contributed by atoms with Crippen molar-refractivity contribution in [2.24, 2.45) is 5.92 Å². The summed E-state index contributed by atoms with van der Waals surface area (Å²) in [5, 5.41) is 25.8. The molecule has 1 aliphatic rings. The molecule has 0 heterocycles. The molecular formula is C29H30BrF2N3O3. The van der Waals surface area contributed by atoms with Gasteiger partial charge in [0.15, 0.2) is 6.23 Å². The molecule has 1 fully saturated rings. The van der Waals surface area contributed by atoms with Gasteiger partial charge in [-0.05, 0) is 86.2 Å². The van der Waals surface area contributed by atoms with Crippen molar-refractivity contribution in [3.05, 3.63) is 98.8 Å². The lowest BCUT2D eigenvalue weighted by molar-refractivity contribution is -0.0285. The number of allylic oxidation sites excluding steroid dienone is 1. The third-order valence-electron chi connectivity index (χ3n) is 6.67. The monoisotopic (exact) mass is 585 g/mol. The molecule has 3 aromatic carbocycles. The van der Waals surface area contributed by atoms with E-state index < -0.39 is 24.0 Å². The van der Waals surface area contributed by atoms with Gasteiger partial charge in [0.05, 0.1) is 0 Å². The number of rotatable bonds is 9. The highest BCUT2D eigenvalue weighted by atomic mass is 79.9. The van der Waals surface area contributed by atoms with Crippen molar-refractivity contribution in [1.82, 2.24) is 10.8 Å². The van der Waals surface area contributed by atoms with E-state index in [0.29, 0.717) is 18.4 Å². The van der Waals surface area contributed by atoms with Crippen LogP contribution in [0.1, 0.15) is 46.8 Å². The van der Waals surface area contributed by atoms with Gasteiger partial charge in [0, 0.05) is 32.9 Å². The van der Waals surface area contributed by atoms with Crippen molar-refractivity contribution in [2.45, 2.75) is 45.8 Å². The molecule has 1 unspecified atom stereocenters. The second-order valence-corrected chi connectivity index (χ2v) is 10.5. The van der Waals surface area contributed by atoms with Gasteiger partial charge in [-0.2, -0.15) is 0 Å². The van der Waals surface area contributed by atoms with E-state index in [9.17, 15) is 23.9 Å².